The predicted molar refractivity (Wildman–Crippen MR) is 82.6 cm³/mol. The lowest BCUT2D eigenvalue weighted by Crippen LogP contribution is -2.21. The van der Waals surface area contributed by atoms with Crippen LogP contribution in [0.25, 0.3) is 0 Å². The Kier molecular flexibility index (Phi) is 4.27. The highest BCUT2D eigenvalue weighted by molar-refractivity contribution is 7.10. The van der Waals surface area contributed by atoms with Gasteiger partial charge in [-0.15, -0.1) is 11.3 Å². The molecule has 0 aliphatic rings. The second-order valence-electron chi connectivity index (χ2n) is 4.52. The maximum atomic E-state index is 11.3. The van der Waals surface area contributed by atoms with Gasteiger partial charge in [-0.2, -0.15) is 0 Å². The molecule has 0 bridgehead atoms. The molecule has 0 spiro atoms. The van der Waals surface area contributed by atoms with Crippen molar-refractivity contribution in [3.05, 3.63) is 51.2 Å². The summed E-state index contributed by atoms with van der Waals surface area (Å²) in [5.41, 5.74) is 1.58. The van der Waals surface area contributed by atoms with Crippen molar-refractivity contribution in [1.29, 1.82) is 0 Å². The Morgan fingerprint density at radius 2 is 2.11 bits per heavy atom. The van der Waals surface area contributed by atoms with E-state index < -0.39 is 0 Å². The number of hydrogen-bond donors (Lipinski definition) is 0. The largest absolute Gasteiger partial charge is 0.366 e. The number of halogens is 1. The summed E-state index contributed by atoms with van der Waals surface area (Å²) in [5, 5.41) is 2.68. The van der Waals surface area contributed by atoms with Gasteiger partial charge in [0.15, 0.2) is 5.78 Å². The maximum Gasteiger partial charge on any atom is 0.159 e. The van der Waals surface area contributed by atoms with Crippen LogP contribution in [0.5, 0.6) is 0 Å². The Hall–Kier alpha value is -1.32. The van der Waals surface area contributed by atoms with Crippen LogP contribution in [0.1, 0.15) is 35.1 Å². The molecule has 1 aromatic heterocycles. The Labute approximate surface area is 122 Å². The molecule has 0 saturated carbocycles. The van der Waals surface area contributed by atoms with Gasteiger partial charge in [-0.05, 0) is 43.5 Å². The van der Waals surface area contributed by atoms with Crippen LogP contribution in [0.2, 0.25) is 5.02 Å². The van der Waals surface area contributed by atoms with Crippen molar-refractivity contribution in [2.75, 3.05) is 11.9 Å². The molecule has 100 valence electrons. The molecule has 2 aromatic rings. The molecule has 0 radical (unpaired) electrons. The Morgan fingerprint density at radius 1 is 1.37 bits per heavy atom. The van der Waals surface area contributed by atoms with Gasteiger partial charge in [0, 0.05) is 17.5 Å². The fourth-order valence-corrected chi connectivity index (χ4v) is 3.08. The van der Waals surface area contributed by atoms with Crippen LogP contribution in [-0.2, 0) is 0 Å². The average Bonchev–Trinajstić information content (AvgIpc) is 2.90. The number of anilines is 1. The lowest BCUT2D eigenvalue weighted by molar-refractivity contribution is 0.101. The summed E-state index contributed by atoms with van der Waals surface area (Å²) in [5.74, 6) is 0.0300. The number of carbonyl (C=O) groups is 1. The number of rotatable bonds is 4. The summed E-state index contributed by atoms with van der Waals surface area (Å²) in [4.78, 5) is 14.7. The third kappa shape index (κ3) is 2.99. The molecule has 0 aliphatic carbocycles. The third-order valence-electron chi connectivity index (χ3n) is 3.27. The fourth-order valence-electron chi connectivity index (χ4n) is 1.94. The molecule has 4 heteroatoms. The first-order valence-corrected chi connectivity index (χ1v) is 7.33. The van der Waals surface area contributed by atoms with Crippen molar-refractivity contribution in [1.82, 2.24) is 0 Å². The zero-order chi connectivity index (χ0) is 14.0. The highest BCUT2D eigenvalue weighted by Gasteiger charge is 2.16. The summed E-state index contributed by atoms with van der Waals surface area (Å²) >= 11 is 8.01. The summed E-state index contributed by atoms with van der Waals surface area (Å²) in [7, 11) is 2.01. The van der Waals surface area contributed by atoms with E-state index in [1.807, 2.05) is 25.2 Å². The molecule has 0 fully saturated rings. The van der Waals surface area contributed by atoms with Crippen molar-refractivity contribution in [3.63, 3.8) is 0 Å². The van der Waals surface area contributed by atoms with E-state index in [4.69, 9.17) is 11.6 Å². The maximum absolute atomic E-state index is 11.3. The van der Waals surface area contributed by atoms with E-state index in [-0.39, 0.29) is 11.8 Å². The lowest BCUT2D eigenvalue weighted by atomic mass is 10.1. The Balaban J connectivity index is 2.29. The van der Waals surface area contributed by atoms with Gasteiger partial charge in [0.1, 0.15) is 0 Å². The summed E-state index contributed by atoms with van der Waals surface area (Å²) in [6.07, 6.45) is 0. The molecule has 1 unspecified atom stereocenters. The minimum Gasteiger partial charge on any atom is -0.366 e. The number of nitrogens with zero attached hydrogens (tertiary/aromatic N) is 1. The number of benzene rings is 1. The monoisotopic (exact) mass is 293 g/mol. The van der Waals surface area contributed by atoms with E-state index in [0.29, 0.717) is 10.6 Å². The van der Waals surface area contributed by atoms with Gasteiger partial charge in [0.25, 0.3) is 0 Å². The SMILES string of the molecule is CC(=O)c1ccc(N(C)C(C)c2cccs2)c(Cl)c1. The number of thiophene rings is 1. The number of carbonyl (C=O) groups excluding carboxylic acids is 1. The molecule has 0 N–H and O–H groups in total. The van der Waals surface area contributed by atoms with Crippen LogP contribution in [-0.4, -0.2) is 12.8 Å². The van der Waals surface area contributed by atoms with E-state index in [1.54, 1.807) is 24.3 Å². The first-order valence-electron chi connectivity index (χ1n) is 6.07. The van der Waals surface area contributed by atoms with E-state index in [2.05, 4.69) is 23.3 Å². The molecule has 1 heterocycles. The van der Waals surface area contributed by atoms with Gasteiger partial charge < -0.3 is 4.90 Å². The van der Waals surface area contributed by atoms with Gasteiger partial charge in [0.05, 0.1) is 16.8 Å². The minimum absolute atomic E-state index is 0.0300. The van der Waals surface area contributed by atoms with Crippen LogP contribution in [0, 0.1) is 0 Å². The molecule has 1 atom stereocenters. The van der Waals surface area contributed by atoms with Gasteiger partial charge in [-0.3, -0.25) is 4.79 Å². The molecule has 2 rings (SSSR count). The van der Waals surface area contributed by atoms with E-state index in [9.17, 15) is 4.79 Å². The Morgan fingerprint density at radius 3 is 2.63 bits per heavy atom. The summed E-state index contributed by atoms with van der Waals surface area (Å²) in [6, 6.07) is 9.87. The molecule has 1 aromatic carbocycles. The van der Waals surface area contributed by atoms with Crippen LogP contribution >= 0.6 is 22.9 Å². The Bertz CT molecular complexity index is 580. The van der Waals surface area contributed by atoms with Crippen molar-refractivity contribution < 1.29 is 4.79 Å². The number of hydrogen-bond acceptors (Lipinski definition) is 3. The molecule has 0 aliphatic heterocycles. The summed E-state index contributed by atoms with van der Waals surface area (Å²) < 4.78 is 0. The quantitative estimate of drug-likeness (QED) is 0.755. The fraction of sp³-hybridized carbons (Fsp3) is 0.267. The highest BCUT2D eigenvalue weighted by Crippen LogP contribution is 2.33. The van der Waals surface area contributed by atoms with Crippen LogP contribution < -0.4 is 4.90 Å². The topological polar surface area (TPSA) is 20.3 Å². The van der Waals surface area contributed by atoms with Gasteiger partial charge in [-0.1, -0.05) is 17.7 Å². The first-order chi connectivity index (χ1) is 9.00. The van der Waals surface area contributed by atoms with Gasteiger partial charge in [-0.25, -0.2) is 0 Å². The summed E-state index contributed by atoms with van der Waals surface area (Å²) in [6.45, 7) is 3.68. The van der Waals surface area contributed by atoms with Crippen LogP contribution in [0.4, 0.5) is 5.69 Å². The standard InChI is InChI=1S/C15H16ClNOS/c1-10(15-5-4-8-19-15)17(3)14-7-6-12(11(2)18)9-13(14)16/h4-10H,1-3H3. The van der Waals surface area contributed by atoms with Crippen LogP contribution in [0.3, 0.4) is 0 Å². The molecule has 19 heavy (non-hydrogen) atoms. The van der Waals surface area contributed by atoms with Gasteiger partial charge >= 0.3 is 0 Å². The van der Waals surface area contributed by atoms with Crippen LogP contribution in [0.15, 0.2) is 35.7 Å². The van der Waals surface area contributed by atoms with Crippen molar-refractivity contribution in [3.8, 4) is 0 Å². The molecule has 2 nitrogen and oxygen atoms in total. The molecular formula is C15H16ClNOS. The molecule has 0 amide bonds. The predicted octanol–water partition coefficient (Wildman–Crippen LogP) is 4.80. The lowest BCUT2D eigenvalue weighted by Gasteiger charge is -2.27. The van der Waals surface area contributed by atoms with Gasteiger partial charge in [0.2, 0.25) is 0 Å². The first kappa shape index (κ1) is 14.1. The zero-order valence-corrected chi connectivity index (χ0v) is 12.8. The second-order valence-corrected chi connectivity index (χ2v) is 5.91. The normalized spacial score (nSPS) is 12.2. The third-order valence-corrected chi connectivity index (χ3v) is 4.62. The smallest absolute Gasteiger partial charge is 0.159 e. The minimum atomic E-state index is 0.0300. The highest BCUT2D eigenvalue weighted by atomic mass is 35.5. The average molecular weight is 294 g/mol. The van der Waals surface area contributed by atoms with Crippen molar-refractivity contribution >= 4 is 34.4 Å². The zero-order valence-electron chi connectivity index (χ0n) is 11.2. The van der Waals surface area contributed by atoms with E-state index in [1.165, 1.54) is 4.88 Å². The van der Waals surface area contributed by atoms with Crippen molar-refractivity contribution in [2.24, 2.45) is 0 Å². The van der Waals surface area contributed by atoms with Crippen molar-refractivity contribution in [2.45, 2.75) is 19.9 Å². The number of ketones is 1. The molecular weight excluding hydrogens is 278 g/mol. The molecule has 0 saturated heterocycles. The number of Topliss-reactive ketones (excluding diaryl/α,β-unsaturated/α-hetero) is 1. The van der Waals surface area contributed by atoms with E-state index in [0.717, 1.165) is 5.69 Å². The second kappa shape index (κ2) is 5.76. The van der Waals surface area contributed by atoms with E-state index >= 15 is 0 Å².